The molecule has 0 unspecified atom stereocenters. The SMILES string of the molecule is [C-]#[N+]c1ccc2c(c1)C(C)(C)c1ccc(-c3ccc(-c4nc(-c5ccccc5)nc(-c5ccc(-c6ccccc6)cc5)n4)cc3)cc1-2. The van der Waals surface area contributed by atoms with Crippen LogP contribution in [0.3, 0.4) is 0 Å². The highest BCUT2D eigenvalue weighted by Crippen LogP contribution is 2.50. The summed E-state index contributed by atoms with van der Waals surface area (Å²) in [5.74, 6) is 1.91. The third-order valence-electron chi connectivity index (χ3n) is 9.18. The number of hydrogen-bond donors (Lipinski definition) is 0. The van der Waals surface area contributed by atoms with Crippen LogP contribution in [-0.4, -0.2) is 15.0 Å². The summed E-state index contributed by atoms with van der Waals surface area (Å²) >= 11 is 0. The fourth-order valence-electron chi connectivity index (χ4n) is 6.60. The van der Waals surface area contributed by atoms with Gasteiger partial charge in [0.05, 0.1) is 6.57 Å². The van der Waals surface area contributed by atoms with E-state index in [2.05, 4.69) is 116 Å². The summed E-state index contributed by atoms with van der Waals surface area (Å²) < 4.78 is 0. The molecule has 0 N–H and O–H groups in total. The topological polar surface area (TPSA) is 43.0 Å². The van der Waals surface area contributed by atoms with E-state index in [0.29, 0.717) is 23.2 Å². The minimum atomic E-state index is -0.150. The maximum Gasteiger partial charge on any atom is 0.187 e. The Morgan fingerprint density at radius 2 is 0.872 bits per heavy atom. The average molecular weight is 603 g/mol. The standard InChI is InChI=1S/C43H30N4/c1-43(2)38-25-22-34(26-37(38)36-24-23-35(44-3)27-39(36)43)30-16-20-33(21-17-30)42-46-40(31-12-8-5-9-13-31)45-41(47-42)32-18-14-29(15-19-32)28-10-6-4-7-11-28/h4-27H,1-2H3. The van der Waals surface area contributed by atoms with Crippen LogP contribution in [0, 0.1) is 6.57 Å². The highest BCUT2D eigenvalue weighted by atomic mass is 15.0. The molecule has 0 aliphatic heterocycles. The molecule has 0 bridgehead atoms. The lowest BCUT2D eigenvalue weighted by molar-refractivity contribution is 0.661. The summed E-state index contributed by atoms with van der Waals surface area (Å²) in [6.45, 7) is 12.0. The summed E-state index contributed by atoms with van der Waals surface area (Å²) in [6, 6.07) is 50.0. The van der Waals surface area contributed by atoms with E-state index < -0.39 is 0 Å². The molecule has 1 heterocycles. The van der Waals surface area contributed by atoms with Crippen molar-refractivity contribution in [3.05, 3.63) is 168 Å². The number of fused-ring (bicyclic) bond motifs is 3. The van der Waals surface area contributed by atoms with Crippen molar-refractivity contribution in [3.8, 4) is 67.5 Å². The Bertz CT molecular complexity index is 2300. The highest BCUT2D eigenvalue weighted by molar-refractivity contribution is 5.86. The quantitative estimate of drug-likeness (QED) is 0.184. The van der Waals surface area contributed by atoms with Gasteiger partial charge in [0.25, 0.3) is 0 Å². The second-order valence-electron chi connectivity index (χ2n) is 12.4. The second-order valence-corrected chi connectivity index (χ2v) is 12.4. The van der Waals surface area contributed by atoms with E-state index in [1.807, 2.05) is 48.5 Å². The van der Waals surface area contributed by atoms with Crippen LogP contribution < -0.4 is 0 Å². The van der Waals surface area contributed by atoms with E-state index in [4.69, 9.17) is 21.5 Å². The lowest BCUT2D eigenvalue weighted by atomic mass is 9.82. The molecule has 47 heavy (non-hydrogen) atoms. The van der Waals surface area contributed by atoms with Gasteiger partial charge in [0, 0.05) is 22.1 Å². The molecular weight excluding hydrogens is 573 g/mol. The van der Waals surface area contributed by atoms with Gasteiger partial charge >= 0.3 is 0 Å². The molecule has 4 nitrogen and oxygen atoms in total. The van der Waals surface area contributed by atoms with Crippen molar-refractivity contribution in [2.75, 3.05) is 0 Å². The van der Waals surface area contributed by atoms with Crippen molar-refractivity contribution in [1.82, 2.24) is 15.0 Å². The van der Waals surface area contributed by atoms with Gasteiger partial charge in [-0.25, -0.2) is 19.8 Å². The maximum absolute atomic E-state index is 7.48. The Morgan fingerprint density at radius 1 is 0.426 bits per heavy atom. The molecule has 0 radical (unpaired) electrons. The summed E-state index contributed by atoms with van der Waals surface area (Å²) in [6.07, 6.45) is 0. The van der Waals surface area contributed by atoms with Crippen LogP contribution in [0.4, 0.5) is 5.69 Å². The summed E-state index contributed by atoms with van der Waals surface area (Å²) in [4.78, 5) is 18.5. The molecule has 0 saturated heterocycles. The van der Waals surface area contributed by atoms with Gasteiger partial charge < -0.3 is 0 Å². The lowest BCUT2D eigenvalue weighted by Gasteiger charge is -2.21. The molecule has 1 aliphatic rings. The highest BCUT2D eigenvalue weighted by Gasteiger charge is 2.35. The monoisotopic (exact) mass is 602 g/mol. The van der Waals surface area contributed by atoms with E-state index in [1.54, 1.807) is 0 Å². The molecule has 8 rings (SSSR count). The largest absolute Gasteiger partial charge is 0.238 e. The van der Waals surface area contributed by atoms with E-state index >= 15 is 0 Å². The fraction of sp³-hybridized carbons (Fsp3) is 0.0698. The molecule has 0 spiro atoms. The molecule has 0 amide bonds. The van der Waals surface area contributed by atoms with Crippen LogP contribution in [0.15, 0.2) is 146 Å². The van der Waals surface area contributed by atoms with Gasteiger partial charge in [0.15, 0.2) is 23.2 Å². The van der Waals surface area contributed by atoms with Crippen LogP contribution >= 0.6 is 0 Å². The molecule has 222 valence electrons. The predicted octanol–water partition coefficient (Wildman–Crippen LogP) is 11.1. The molecule has 4 heteroatoms. The molecule has 0 fully saturated rings. The molecule has 1 aliphatic carbocycles. The summed E-state index contributed by atoms with van der Waals surface area (Å²) in [7, 11) is 0. The van der Waals surface area contributed by atoms with Crippen LogP contribution in [0.2, 0.25) is 0 Å². The van der Waals surface area contributed by atoms with Gasteiger partial charge in [-0.05, 0) is 50.6 Å². The van der Waals surface area contributed by atoms with Crippen molar-refractivity contribution >= 4 is 5.69 Å². The molecule has 1 aromatic heterocycles. The van der Waals surface area contributed by atoms with Crippen LogP contribution in [-0.2, 0) is 5.41 Å². The van der Waals surface area contributed by atoms with Crippen molar-refractivity contribution in [2.45, 2.75) is 19.3 Å². The normalized spacial score (nSPS) is 12.6. The average Bonchev–Trinajstić information content (AvgIpc) is 3.37. The minimum absolute atomic E-state index is 0.150. The van der Waals surface area contributed by atoms with Gasteiger partial charge in [0.1, 0.15) is 0 Å². The van der Waals surface area contributed by atoms with Crippen molar-refractivity contribution in [3.63, 3.8) is 0 Å². The number of benzene rings is 6. The number of nitrogens with zero attached hydrogens (tertiary/aromatic N) is 4. The Labute approximate surface area is 274 Å². The predicted molar refractivity (Wildman–Crippen MR) is 191 cm³/mol. The maximum atomic E-state index is 7.48. The smallest absolute Gasteiger partial charge is 0.187 e. The third-order valence-corrected chi connectivity index (χ3v) is 9.18. The molecular formula is C43H30N4. The summed E-state index contributed by atoms with van der Waals surface area (Å²) in [5.41, 5.74) is 12.9. The van der Waals surface area contributed by atoms with E-state index in [9.17, 15) is 0 Å². The molecule has 7 aromatic rings. The van der Waals surface area contributed by atoms with E-state index in [-0.39, 0.29) is 5.41 Å². The zero-order valence-electron chi connectivity index (χ0n) is 26.1. The number of hydrogen-bond acceptors (Lipinski definition) is 3. The number of aromatic nitrogens is 3. The Kier molecular flexibility index (Phi) is 6.82. The second kappa shape index (κ2) is 11.3. The van der Waals surface area contributed by atoms with Gasteiger partial charge in [-0.2, -0.15) is 0 Å². The molecule has 0 atom stereocenters. The van der Waals surface area contributed by atoms with Crippen LogP contribution in [0.25, 0.3) is 72.4 Å². The molecule has 0 saturated carbocycles. The van der Waals surface area contributed by atoms with Gasteiger partial charge in [-0.15, -0.1) is 0 Å². The number of rotatable bonds is 5. The molecule has 6 aromatic carbocycles. The first-order chi connectivity index (χ1) is 23.0. The fourth-order valence-corrected chi connectivity index (χ4v) is 6.60. The van der Waals surface area contributed by atoms with E-state index in [1.165, 1.54) is 27.8 Å². The summed E-state index contributed by atoms with van der Waals surface area (Å²) in [5, 5.41) is 0. The van der Waals surface area contributed by atoms with Crippen LogP contribution in [0.1, 0.15) is 25.0 Å². The Hall–Kier alpha value is -6.18. The Morgan fingerprint density at radius 3 is 1.43 bits per heavy atom. The van der Waals surface area contributed by atoms with Crippen molar-refractivity contribution in [2.24, 2.45) is 0 Å². The first kappa shape index (κ1) is 28.3. The zero-order chi connectivity index (χ0) is 32.0. The van der Waals surface area contributed by atoms with Crippen molar-refractivity contribution in [1.29, 1.82) is 0 Å². The van der Waals surface area contributed by atoms with E-state index in [0.717, 1.165) is 33.4 Å². The van der Waals surface area contributed by atoms with Gasteiger partial charge in [-0.3, -0.25) is 0 Å². The Balaban J connectivity index is 1.16. The van der Waals surface area contributed by atoms with Gasteiger partial charge in [-0.1, -0.05) is 153 Å². The third kappa shape index (κ3) is 5.09. The minimum Gasteiger partial charge on any atom is -0.238 e. The van der Waals surface area contributed by atoms with Crippen LogP contribution in [0.5, 0.6) is 0 Å². The lowest BCUT2D eigenvalue weighted by Crippen LogP contribution is -2.14. The first-order valence-electron chi connectivity index (χ1n) is 15.7. The van der Waals surface area contributed by atoms with Gasteiger partial charge in [0.2, 0.25) is 0 Å². The first-order valence-corrected chi connectivity index (χ1v) is 15.7. The van der Waals surface area contributed by atoms with Crippen molar-refractivity contribution < 1.29 is 0 Å². The zero-order valence-corrected chi connectivity index (χ0v) is 26.1.